The van der Waals surface area contributed by atoms with Crippen LogP contribution in [0.15, 0.2) is 28.7 Å². The van der Waals surface area contributed by atoms with Gasteiger partial charge in [0.25, 0.3) is 0 Å². The number of aryl methyl sites for hydroxylation is 1. The summed E-state index contributed by atoms with van der Waals surface area (Å²) in [5.74, 6) is 1.37. The van der Waals surface area contributed by atoms with Crippen LogP contribution in [0.25, 0.3) is 17.2 Å². The minimum Gasteiger partial charge on any atom is -0.441 e. The van der Waals surface area contributed by atoms with Crippen molar-refractivity contribution in [1.82, 2.24) is 4.98 Å². The van der Waals surface area contributed by atoms with Crippen LogP contribution in [0.5, 0.6) is 0 Å². The zero-order valence-corrected chi connectivity index (χ0v) is 10.6. The van der Waals surface area contributed by atoms with E-state index in [2.05, 4.69) is 4.98 Å². The molecular formula is C13H13NO2S. The fourth-order valence-electron chi connectivity index (χ4n) is 1.51. The molecule has 0 N–H and O–H groups in total. The summed E-state index contributed by atoms with van der Waals surface area (Å²) in [5, 5.41) is 0.136. The SMILES string of the molecule is CC(=O)SCC=Cc1ccc2oc(C)nc2c1. The maximum atomic E-state index is 10.7. The summed E-state index contributed by atoms with van der Waals surface area (Å²) in [6.45, 7) is 3.40. The summed E-state index contributed by atoms with van der Waals surface area (Å²) in [4.78, 5) is 15.0. The Morgan fingerprint density at radius 1 is 1.53 bits per heavy atom. The van der Waals surface area contributed by atoms with Crippen LogP contribution < -0.4 is 0 Å². The highest BCUT2D eigenvalue weighted by molar-refractivity contribution is 8.13. The van der Waals surface area contributed by atoms with Crippen molar-refractivity contribution in [2.24, 2.45) is 0 Å². The molecule has 1 heterocycles. The van der Waals surface area contributed by atoms with Crippen molar-refractivity contribution < 1.29 is 9.21 Å². The Labute approximate surface area is 104 Å². The van der Waals surface area contributed by atoms with Crippen molar-refractivity contribution in [3.8, 4) is 0 Å². The van der Waals surface area contributed by atoms with Gasteiger partial charge in [-0.15, -0.1) is 0 Å². The fourth-order valence-corrected chi connectivity index (χ4v) is 1.94. The molecule has 2 aromatic rings. The number of thioether (sulfide) groups is 1. The molecule has 0 amide bonds. The maximum Gasteiger partial charge on any atom is 0.192 e. The van der Waals surface area contributed by atoms with Crippen molar-refractivity contribution in [1.29, 1.82) is 0 Å². The van der Waals surface area contributed by atoms with E-state index in [0.29, 0.717) is 11.6 Å². The number of carbonyl (C=O) groups is 1. The van der Waals surface area contributed by atoms with Gasteiger partial charge in [-0.3, -0.25) is 4.79 Å². The summed E-state index contributed by atoms with van der Waals surface area (Å²) >= 11 is 1.30. The predicted molar refractivity (Wildman–Crippen MR) is 70.9 cm³/mol. The number of hydrogen-bond acceptors (Lipinski definition) is 4. The Balaban J connectivity index is 2.10. The molecule has 17 heavy (non-hydrogen) atoms. The molecule has 0 bridgehead atoms. The highest BCUT2D eigenvalue weighted by Crippen LogP contribution is 2.17. The van der Waals surface area contributed by atoms with E-state index in [0.717, 1.165) is 16.7 Å². The normalized spacial score (nSPS) is 11.4. The van der Waals surface area contributed by atoms with Crippen molar-refractivity contribution in [2.75, 3.05) is 5.75 Å². The van der Waals surface area contributed by atoms with E-state index in [-0.39, 0.29) is 5.12 Å². The third kappa shape index (κ3) is 3.20. The molecular weight excluding hydrogens is 234 g/mol. The van der Waals surface area contributed by atoms with Crippen LogP contribution in [0.4, 0.5) is 0 Å². The second kappa shape index (κ2) is 5.19. The lowest BCUT2D eigenvalue weighted by molar-refractivity contribution is -0.109. The number of aromatic nitrogens is 1. The van der Waals surface area contributed by atoms with E-state index >= 15 is 0 Å². The fraction of sp³-hybridized carbons (Fsp3) is 0.231. The summed E-state index contributed by atoms with van der Waals surface area (Å²) in [7, 11) is 0. The Bertz CT molecular complexity index is 572. The van der Waals surface area contributed by atoms with E-state index in [1.165, 1.54) is 11.8 Å². The van der Waals surface area contributed by atoms with Crippen LogP contribution in [0.3, 0.4) is 0 Å². The lowest BCUT2D eigenvalue weighted by atomic mass is 10.2. The number of fused-ring (bicyclic) bond motifs is 1. The summed E-state index contributed by atoms with van der Waals surface area (Å²) in [6.07, 6.45) is 3.96. The molecule has 3 nitrogen and oxygen atoms in total. The van der Waals surface area contributed by atoms with Gasteiger partial charge in [-0.05, 0) is 17.7 Å². The smallest absolute Gasteiger partial charge is 0.192 e. The van der Waals surface area contributed by atoms with Gasteiger partial charge in [-0.25, -0.2) is 4.98 Å². The molecule has 1 aromatic carbocycles. The van der Waals surface area contributed by atoms with E-state index < -0.39 is 0 Å². The van der Waals surface area contributed by atoms with Crippen molar-refractivity contribution in [3.05, 3.63) is 35.7 Å². The second-order valence-electron chi connectivity index (χ2n) is 3.67. The number of oxazole rings is 1. The van der Waals surface area contributed by atoms with Crippen molar-refractivity contribution >= 4 is 34.1 Å². The van der Waals surface area contributed by atoms with Crippen LogP contribution >= 0.6 is 11.8 Å². The summed E-state index contributed by atoms with van der Waals surface area (Å²) in [6, 6.07) is 5.86. The minimum atomic E-state index is 0.136. The Hall–Kier alpha value is -1.55. The molecule has 0 saturated heterocycles. The first-order chi connectivity index (χ1) is 8.15. The van der Waals surface area contributed by atoms with E-state index in [9.17, 15) is 4.79 Å². The topological polar surface area (TPSA) is 43.1 Å². The van der Waals surface area contributed by atoms with Gasteiger partial charge >= 0.3 is 0 Å². The zero-order valence-electron chi connectivity index (χ0n) is 9.77. The first-order valence-electron chi connectivity index (χ1n) is 5.32. The molecule has 0 radical (unpaired) electrons. The third-order valence-corrected chi connectivity index (χ3v) is 2.98. The molecule has 0 atom stereocenters. The van der Waals surface area contributed by atoms with Crippen molar-refractivity contribution in [3.63, 3.8) is 0 Å². The quantitative estimate of drug-likeness (QED) is 0.833. The zero-order chi connectivity index (χ0) is 12.3. The largest absolute Gasteiger partial charge is 0.441 e. The van der Waals surface area contributed by atoms with Crippen LogP contribution in [0.1, 0.15) is 18.4 Å². The number of nitrogens with zero attached hydrogens (tertiary/aromatic N) is 1. The molecule has 4 heteroatoms. The molecule has 0 aliphatic carbocycles. The summed E-state index contributed by atoms with van der Waals surface area (Å²) in [5.41, 5.74) is 2.73. The van der Waals surface area contributed by atoms with Gasteiger partial charge in [-0.2, -0.15) is 0 Å². The van der Waals surface area contributed by atoms with Crippen LogP contribution in [-0.2, 0) is 4.79 Å². The highest BCUT2D eigenvalue weighted by Gasteiger charge is 2.01. The molecule has 1 aromatic heterocycles. The number of rotatable bonds is 3. The van der Waals surface area contributed by atoms with E-state index in [4.69, 9.17) is 4.42 Å². The van der Waals surface area contributed by atoms with Gasteiger partial charge in [0.1, 0.15) is 5.52 Å². The molecule has 2 rings (SSSR count). The Kier molecular flexibility index (Phi) is 3.64. The monoisotopic (exact) mass is 247 g/mol. The lowest BCUT2D eigenvalue weighted by Gasteiger charge is -1.92. The van der Waals surface area contributed by atoms with Gasteiger partial charge < -0.3 is 4.42 Å². The minimum absolute atomic E-state index is 0.136. The first-order valence-corrected chi connectivity index (χ1v) is 6.31. The first kappa shape index (κ1) is 11.9. The number of hydrogen-bond donors (Lipinski definition) is 0. The second-order valence-corrected chi connectivity index (χ2v) is 4.86. The van der Waals surface area contributed by atoms with Gasteiger partial charge in [0.05, 0.1) is 0 Å². The van der Waals surface area contributed by atoms with Crippen LogP contribution in [0, 0.1) is 6.92 Å². The average molecular weight is 247 g/mol. The predicted octanol–water partition coefficient (Wildman–Crippen LogP) is 3.43. The Morgan fingerprint density at radius 2 is 2.35 bits per heavy atom. The van der Waals surface area contributed by atoms with Gasteiger partial charge in [-0.1, -0.05) is 30.0 Å². The number of benzene rings is 1. The van der Waals surface area contributed by atoms with Crippen LogP contribution in [-0.4, -0.2) is 15.9 Å². The van der Waals surface area contributed by atoms with Crippen molar-refractivity contribution in [2.45, 2.75) is 13.8 Å². The molecule has 0 saturated carbocycles. The van der Waals surface area contributed by atoms with Gasteiger partial charge in [0.15, 0.2) is 16.6 Å². The third-order valence-electron chi connectivity index (χ3n) is 2.21. The maximum absolute atomic E-state index is 10.7. The van der Waals surface area contributed by atoms with E-state index in [1.807, 2.05) is 37.3 Å². The van der Waals surface area contributed by atoms with Crippen LogP contribution in [0.2, 0.25) is 0 Å². The molecule has 88 valence electrons. The molecule has 0 spiro atoms. The Morgan fingerprint density at radius 3 is 3.12 bits per heavy atom. The average Bonchev–Trinajstić information content (AvgIpc) is 2.63. The number of carbonyl (C=O) groups excluding carboxylic acids is 1. The highest BCUT2D eigenvalue weighted by atomic mass is 32.2. The van der Waals surface area contributed by atoms with Gasteiger partial charge in [0.2, 0.25) is 0 Å². The molecule has 0 unspecified atom stereocenters. The molecule has 0 fully saturated rings. The standard InChI is InChI=1S/C13H13NO2S/c1-9-14-12-8-11(5-6-13(12)16-9)4-3-7-17-10(2)15/h3-6,8H,7H2,1-2H3. The van der Waals surface area contributed by atoms with Gasteiger partial charge in [0, 0.05) is 19.6 Å². The molecule has 0 aliphatic heterocycles. The molecule has 0 aliphatic rings. The summed E-state index contributed by atoms with van der Waals surface area (Å²) < 4.78 is 5.40. The lowest BCUT2D eigenvalue weighted by Crippen LogP contribution is -1.81. The van der Waals surface area contributed by atoms with E-state index in [1.54, 1.807) is 6.92 Å².